The quantitative estimate of drug-likeness (QED) is 0.629. The summed E-state index contributed by atoms with van der Waals surface area (Å²) >= 11 is 0. The zero-order valence-electron chi connectivity index (χ0n) is 15.3. The number of rotatable bonds is 4. The number of carbonyl (C=O) groups is 1. The van der Waals surface area contributed by atoms with E-state index in [1.807, 2.05) is 0 Å². The van der Waals surface area contributed by atoms with Gasteiger partial charge in [0.15, 0.2) is 0 Å². The van der Waals surface area contributed by atoms with Crippen LogP contribution in [0.1, 0.15) is 24.2 Å². The van der Waals surface area contributed by atoms with Gasteiger partial charge in [-0.25, -0.2) is 17.5 Å². The van der Waals surface area contributed by atoms with E-state index in [4.69, 9.17) is 19.9 Å². The van der Waals surface area contributed by atoms with E-state index in [-0.39, 0.29) is 27.6 Å². The van der Waals surface area contributed by atoms with E-state index in [2.05, 4.69) is 0 Å². The van der Waals surface area contributed by atoms with Crippen LogP contribution in [-0.2, 0) is 14.8 Å². The van der Waals surface area contributed by atoms with Crippen LogP contribution in [-0.4, -0.2) is 38.6 Å². The molecule has 0 radical (unpaired) electrons. The number of ether oxygens (including phenoxy) is 3. The third kappa shape index (κ3) is 3.56. The van der Waals surface area contributed by atoms with Gasteiger partial charge in [-0.15, -0.1) is 0 Å². The largest absolute Gasteiger partial charge is 0.454 e. The number of carbonyl (C=O) groups excluding carboxylic acids is 1. The molecule has 0 saturated carbocycles. The summed E-state index contributed by atoms with van der Waals surface area (Å²) in [7, 11) is -0.762. The number of nitrogens with zero attached hydrogens (tertiary/aromatic N) is 1. The van der Waals surface area contributed by atoms with Crippen molar-refractivity contribution in [2.45, 2.75) is 24.5 Å². The number of fused-ring (bicyclic) bond motifs is 1. The van der Waals surface area contributed by atoms with E-state index >= 15 is 0 Å². The lowest BCUT2D eigenvalue weighted by Gasteiger charge is -2.32. The van der Waals surface area contributed by atoms with Crippen LogP contribution in [0.15, 0.2) is 41.3 Å². The standard InChI is InChI=1S/C18H20N2O6S/c1-18(2)25-15-7-5-6-14(16(15)17(21)26-18)24-13-9-8-11(10-12(13)19)27(22,23)20(3)4/h5-10H,19H2,1-4H3. The Bertz CT molecular complexity index is 1010. The van der Waals surface area contributed by atoms with E-state index in [9.17, 15) is 13.2 Å². The fraction of sp³-hybridized carbons (Fsp3) is 0.278. The van der Waals surface area contributed by atoms with Gasteiger partial charge in [0.2, 0.25) is 15.8 Å². The highest BCUT2D eigenvalue weighted by Crippen LogP contribution is 2.39. The Morgan fingerprint density at radius 1 is 1.07 bits per heavy atom. The molecule has 8 nitrogen and oxygen atoms in total. The Balaban J connectivity index is 1.97. The predicted octanol–water partition coefficient (Wildman–Crippen LogP) is 2.60. The Hall–Kier alpha value is -2.78. The molecule has 2 aromatic carbocycles. The molecule has 0 bridgehead atoms. The van der Waals surface area contributed by atoms with Crippen LogP contribution >= 0.6 is 0 Å². The Labute approximate surface area is 157 Å². The van der Waals surface area contributed by atoms with Gasteiger partial charge in [0, 0.05) is 27.9 Å². The molecule has 144 valence electrons. The van der Waals surface area contributed by atoms with Crippen molar-refractivity contribution in [3.8, 4) is 17.2 Å². The third-order valence-electron chi connectivity index (χ3n) is 3.87. The van der Waals surface area contributed by atoms with Gasteiger partial charge in [0.05, 0.1) is 10.6 Å². The topological polar surface area (TPSA) is 108 Å². The number of esters is 1. The molecule has 9 heteroatoms. The van der Waals surface area contributed by atoms with Crippen molar-refractivity contribution < 1.29 is 27.4 Å². The van der Waals surface area contributed by atoms with Crippen LogP contribution in [0.3, 0.4) is 0 Å². The molecule has 0 spiro atoms. The molecule has 1 aliphatic rings. The lowest BCUT2D eigenvalue weighted by atomic mass is 10.1. The second kappa shape index (κ2) is 6.43. The van der Waals surface area contributed by atoms with Crippen molar-refractivity contribution in [3.05, 3.63) is 42.0 Å². The first-order valence-electron chi connectivity index (χ1n) is 8.06. The van der Waals surface area contributed by atoms with Crippen molar-refractivity contribution in [1.82, 2.24) is 4.31 Å². The van der Waals surface area contributed by atoms with E-state index in [0.29, 0.717) is 5.75 Å². The molecule has 27 heavy (non-hydrogen) atoms. The number of benzene rings is 2. The molecule has 0 aliphatic carbocycles. The molecule has 3 rings (SSSR count). The van der Waals surface area contributed by atoms with E-state index in [0.717, 1.165) is 4.31 Å². The van der Waals surface area contributed by atoms with Crippen molar-refractivity contribution in [2.75, 3.05) is 19.8 Å². The van der Waals surface area contributed by atoms with E-state index in [1.165, 1.54) is 32.3 Å². The second-order valence-corrected chi connectivity index (χ2v) is 8.76. The number of cyclic esters (lactones) is 1. The average molecular weight is 392 g/mol. The first-order chi connectivity index (χ1) is 12.5. The Morgan fingerprint density at radius 3 is 2.41 bits per heavy atom. The monoisotopic (exact) mass is 392 g/mol. The molecule has 2 aromatic rings. The molecule has 0 atom stereocenters. The zero-order chi connectivity index (χ0) is 20.0. The number of anilines is 1. The van der Waals surface area contributed by atoms with Gasteiger partial charge in [-0.1, -0.05) is 6.07 Å². The number of hydrogen-bond donors (Lipinski definition) is 1. The molecular weight excluding hydrogens is 372 g/mol. The number of nitrogen functional groups attached to an aromatic ring is 1. The van der Waals surface area contributed by atoms with Crippen molar-refractivity contribution in [1.29, 1.82) is 0 Å². The molecule has 2 N–H and O–H groups in total. The number of nitrogens with two attached hydrogens (primary N) is 1. The smallest absolute Gasteiger partial charge is 0.349 e. The minimum absolute atomic E-state index is 0.0388. The maximum absolute atomic E-state index is 12.4. The molecule has 0 unspecified atom stereocenters. The predicted molar refractivity (Wildman–Crippen MR) is 98.4 cm³/mol. The lowest BCUT2D eigenvalue weighted by Crippen LogP contribution is -2.38. The average Bonchev–Trinajstić information content (AvgIpc) is 2.55. The highest BCUT2D eigenvalue weighted by atomic mass is 32.2. The summed E-state index contributed by atoms with van der Waals surface area (Å²) in [6, 6.07) is 9.01. The van der Waals surface area contributed by atoms with E-state index in [1.54, 1.807) is 32.0 Å². The lowest BCUT2D eigenvalue weighted by molar-refractivity contribution is -0.127. The molecule has 0 saturated heterocycles. The molecule has 0 amide bonds. The van der Waals surface area contributed by atoms with Gasteiger partial charge >= 0.3 is 5.97 Å². The van der Waals surface area contributed by atoms with Crippen LogP contribution in [0.25, 0.3) is 0 Å². The molecule has 1 aliphatic heterocycles. The highest BCUT2D eigenvalue weighted by Gasteiger charge is 2.36. The molecular formula is C18H20N2O6S. The van der Waals surface area contributed by atoms with Crippen LogP contribution in [0, 0.1) is 0 Å². The maximum atomic E-state index is 12.4. The summed E-state index contributed by atoms with van der Waals surface area (Å²) in [6.45, 7) is 3.26. The normalized spacial score (nSPS) is 15.7. The van der Waals surface area contributed by atoms with Crippen molar-refractivity contribution >= 4 is 21.7 Å². The van der Waals surface area contributed by atoms with Crippen LogP contribution in [0.5, 0.6) is 17.2 Å². The fourth-order valence-corrected chi connectivity index (χ4v) is 3.49. The van der Waals surface area contributed by atoms with Gasteiger partial charge in [-0.3, -0.25) is 0 Å². The highest BCUT2D eigenvalue weighted by molar-refractivity contribution is 7.89. The fourth-order valence-electron chi connectivity index (χ4n) is 2.55. The summed E-state index contributed by atoms with van der Waals surface area (Å²) in [4.78, 5) is 12.4. The van der Waals surface area contributed by atoms with Crippen LogP contribution in [0.4, 0.5) is 5.69 Å². The number of hydrogen-bond acceptors (Lipinski definition) is 7. The SMILES string of the molecule is CN(C)S(=O)(=O)c1ccc(Oc2cccc3c2C(=O)OC(C)(C)O3)c(N)c1. The van der Waals surface area contributed by atoms with Gasteiger partial charge < -0.3 is 19.9 Å². The van der Waals surface area contributed by atoms with Gasteiger partial charge in [-0.2, -0.15) is 0 Å². The summed E-state index contributed by atoms with van der Waals surface area (Å²) < 4.78 is 42.1. The van der Waals surface area contributed by atoms with Crippen LogP contribution < -0.4 is 15.2 Å². The van der Waals surface area contributed by atoms with Crippen LogP contribution in [0.2, 0.25) is 0 Å². The van der Waals surface area contributed by atoms with Gasteiger partial charge in [0.1, 0.15) is 22.8 Å². The Kier molecular flexibility index (Phi) is 4.52. The maximum Gasteiger partial charge on any atom is 0.349 e. The van der Waals surface area contributed by atoms with Gasteiger partial charge in [0.25, 0.3) is 0 Å². The van der Waals surface area contributed by atoms with Crippen molar-refractivity contribution in [3.63, 3.8) is 0 Å². The van der Waals surface area contributed by atoms with Gasteiger partial charge in [-0.05, 0) is 30.3 Å². The third-order valence-corrected chi connectivity index (χ3v) is 5.68. The molecule has 1 heterocycles. The zero-order valence-corrected chi connectivity index (χ0v) is 16.2. The first kappa shape index (κ1) is 19.0. The first-order valence-corrected chi connectivity index (χ1v) is 9.50. The summed E-state index contributed by atoms with van der Waals surface area (Å²) in [5.74, 6) is -0.924. The summed E-state index contributed by atoms with van der Waals surface area (Å²) in [5.41, 5.74) is 6.22. The number of sulfonamides is 1. The minimum Gasteiger partial charge on any atom is -0.454 e. The summed E-state index contributed by atoms with van der Waals surface area (Å²) in [5, 5.41) is 0. The second-order valence-electron chi connectivity index (χ2n) is 6.61. The molecule has 0 fully saturated rings. The molecule has 0 aromatic heterocycles. The summed E-state index contributed by atoms with van der Waals surface area (Å²) in [6.07, 6.45) is 0. The minimum atomic E-state index is -3.62. The van der Waals surface area contributed by atoms with Crippen molar-refractivity contribution in [2.24, 2.45) is 0 Å². The van der Waals surface area contributed by atoms with E-state index < -0.39 is 21.8 Å². The Morgan fingerprint density at radius 2 is 1.78 bits per heavy atom.